The number of nitrogens with one attached hydrogen (secondary N) is 1. The Bertz CT molecular complexity index is 1470. The highest BCUT2D eigenvalue weighted by molar-refractivity contribution is 6.51. The molecule has 1 fully saturated rings. The van der Waals surface area contributed by atoms with Gasteiger partial charge in [-0.1, -0.05) is 36.4 Å². The van der Waals surface area contributed by atoms with Crippen molar-refractivity contribution in [3.63, 3.8) is 0 Å². The number of fused-ring (bicyclic) bond motifs is 1. The fraction of sp³-hybridized carbons (Fsp3) is 0.172. The Morgan fingerprint density at radius 2 is 1.64 bits per heavy atom. The third kappa shape index (κ3) is 3.98. The van der Waals surface area contributed by atoms with Crippen LogP contribution in [0, 0.1) is 0 Å². The smallest absolute Gasteiger partial charge is 0.300 e. The van der Waals surface area contributed by atoms with Gasteiger partial charge in [0.2, 0.25) is 0 Å². The Labute approximate surface area is 208 Å². The van der Waals surface area contributed by atoms with Crippen molar-refractivity contribution in [2.75, 3.05) is 18.1 Å². The number of rotatable bonds is 7. The molecule has 0 saturated carbocycles. The maximum absolute atomic E-state index is 13.5. The average Bonchev–Trinajstić information content (AvgIpc) is 3.44. The van der Waals surface area contributed by atoms with Gasteiger partial charge in [-0.05, 0) is 49.7 Å². The summed E-state index contributed by atoms with van der Waals surface area (Å²) >= 11 is 0. The van der Waals surface area contributed by atoms with E-state index in [2.05, 4.69) is 4.98 Å². The Morgan fingerprint density at radius 1 is 0.917 bits per heavy atom. The van der Waals surface area contributed by atoms with Crippen molar-refractivity contribution in [1.29, 1.82) is 0 Å². The summed E-state index contributed by atoms with van der Waals surface area (Å²) in [5, 5.41) is 12.2. The number of hydrogen-bond donors (Lipinski definition) is 2. The number of carbonyl (C=O) groups excluding carboxylic acids is 2. The molecule has 2 heterocycles. The summed E-state index contributed by atoms with van der Waals surface area (Å²) in [4.78, 5) is 31.4. The van der Waals surface area contributed by atoms with Gasteiger partial charge in [0.05, 0.1) is 24.8 Å². The first-order valence-corrected chi connectivity index (χ1v) is 11.9. The number of carbonyl (C=O) groups is 2. The zero-order chi connectivity index (χ0) is 25.2. The van der Waals surface area contributed by atoms with Crippen molar-refractivity contribution in [2.24, 2.45) is 0 Å². The number of ketones is 1. The van der Waals surface area contributed by atoms with Gasteiger partial charge in [-0.25, -0.2) is 0 Å². The summed E-state index contributed by atoms with van der Waals surface area (Å²) in [6.45, 7) is 4.75. The third-order valence-corrected chi connectivity index (χ3v) is 6.20. The minimum absolute atomic E-state index is 0.0238. The van der Waals surface area contributed by atoms with E-state index in [1.807, 2.05) is 50.2 Å². The number of ether oxygens (including phenoxy) is 2. The molecule has 1 aromatic heterocycles. The van der Waals surface area contributed by atoms with E-state index in [9.17, 15) is 14.7 Å². The van der Waals surface area contributed by atoms with Gasteiger partial charge in [0.25, 0.3) is 11.7 Å². The van der Waals surface area contributed by atoms with Crippen LogP contribution >= 0.6 is 0 Å². The van der Waals surface area contributed by atoms with E-state index in [1.54, 1.807) is 42.6 Å². The summed E-state index contributed by atoms with van der Waals surface area (Å²) in [6, 6.07) is 20.9. The molecule has 2 N–H and O–H groups in total. The first-order valence-electron chi connectivity index (χ1n) is 11.9. The van der Waals surface area contributed by atoms with Crippen LogP contribution in [0.15, 0.2) is 84.6 Å². The second kappa shape index (κ2) is 9.62. The van der Waals surface area contributed by atoms with Gasteiger partial charge < -0.3 is 19.6 Å². The molecule has 4 aromatic rings. The molecule has 0 spiro atoms. The van der Waals surface area contributed by atoms with Crippen LogP contribution in [0.2, 0.25) is 0 Å². The van der Waals surface area contributed by atoms with Crippen LogP contribution in [0.25, 0.3) is 16.7 Å². The van der Waals surface area contributed by atoms with Crippen LogP contribution in [0.4, 0.5) is 5.69 Å². The maximum atomic E-state index is 13.5. The van der Waals surface area contributed by atoms with Crippen LogP contribution in [-0.4, -0.2) is 35.0 Å². The maximum Gasteiger partial charge on any atom is 0.300 e. The molecule has 0 bridgehead atoms. The summed E-state index contributed by atoms with van der Waals surface area (Å²) in [5.74, 6) is -0.442. The van der Waals surface area contributed by atoms with E-state index >= 15 is 0 Å². The zero-order valence-corrected chi connectivity index (χ0v) is 20.0. The third-order valence-electron chi connectivity index (χ3n) is 6.20. The predicted octanol–water partition coefficient (Wildman–Crippen LogP) is 5.59. The van der Waals surface area contributed by atoms with Crippen molar-refractivity contribution in [1.82, 2.24) is 4.98 Å². The lowest BCUT2D eigenvalue weighted by atomic mass is 9.95. The van der Waals surface area contributed by atoms with E-state index in [0.717, 1.165) is 10.9 Å². The van der Waals surface area contributed by atoms with Crippen molar-refractivity contribution < 1.29 is 24.2 Å². The molecule has 5 rings (SSSR count). The molecule has 182 valence electrons. The molecule has 1 saturated heterocycles. The van der Waals surface area contributed by atoms with Gasteiger partial charge in [-0.2, -0.15) is 0 Å². The highest BCUT2D eigenvalue weighted by atomic mass is 16.5. The van der Waals surface area contributed by atoms with Crippen molar-refractivity contribution in [3.05, 3.63) is 95.7 Å². The van der Waals surface area contributed by atoms with Gasteiger partial charge in [-0.15, -0.1) is 0 Å². The van der Waals surface area contributed by atoms with Gasteiger partial charge in [-0.3, -0.25) is 14.5 Å². The van der Waals surface area contributed by atoms with Gasteiger partial charge >= 0.3 is 0 Å². The van der Waals surface area contributed by atoms with Crippen molar-refractivity contribution in [3.8, 4) is 11.5 Å². The lowest BCUT2D eigenvalue weighted by Crippen LogP contribution is -2.29. The lowest BCUT2D eigenvalue weighted by molar-refractivity contribution is -0.132. The summed E-state index contributed by atoms with van der Waals surface area (Å²) < 4.78 is 11.2. The van der Waals surface area contributed by atoms with Crippen LogP contribution in [0.1, 0.15) is 31.0 Å². The SMILES string of the molecule is CCOc1ccc(C2/C(=C(/O)c3c[nH]c4ccccc34)C(=O)C(=O)N2c2cccc(OCC)c2)cc1. The topological polar surface area (TPSA) is 91.9 Å². The molecule has 1 amide bonds. The molecular formula is C29H26N2O5. The zero-order valence-electron chi connectivity index (χ0n) is 20.0. The van der Waals surface area contributed by atoms with E-state index in [0.29, 0.717) is 41.5 Å². The van der Waals surface area contributed by atoms with E-state index in [1.165, 1.54) is 4.90 Å². The first-order chi connectivity index (χ1) is 17.5. The Hall–Kier alpha value is -4.52. The molecule has 1 unspecified atom stereocenters. The number of Topliss-reactive ketones (excluding diaryl/α,β-unsaturated/α-hetero) is 1. The molecule has 36 heavy (non-hydrogen) atoms. The highest BCUT2D eigenvalue weighted by Crippen LogP contribution is 2.43. The Morgan fingerprint density at radius 3 is 2.39 bits per heavy atom. The van der Waals surface area contributed by atoms with Crippen molar-refractivity contribution in [2.45, 2.75) is 19.9 Å². The number of para-hydroxylation sites is 1. The van der Waals surface area contributed by atoms with Crippen LogP contribution in [0.5, 0.6) is 11.5 Å². The van der Waals surface area contributed by atoms with E-state index in [4.69, 9.17) is 9.47 Å². The van der Waals surface area contributed by atoms with Gasteiger partial charge in [0, 0.05) is 34.4 Å². The number of aliphatic hydroxyl groups excluding tert-OH is 1. The number of aromatic nitrogens is 1. The average molecular weight is 483 g/mol. The number of aliphatic hydroxyl groups is 1. The molecule has 7 nitrogen and oxygen atoms in total. The number of anilines is 1. The Balaban J connectivity index is 1.70. The molecule has 7 heteroatoms. The molecule has 1 aliphatic heterocycles. The standard InChI is InChI=1S/C29H26N2O5/c1-3-35-20-14-12-18(13-15-20)26-25(27(32)23-17-30-24-11-6-5-10-22(23)24)28(33)29(34)31(26)19-8-7-9-21(16-19)36-4-2/h5-17,26,30,32H,3-4H2,1-2H3/b27-25-. The number of aromatic amines is 1. The second-order valence-corrected chi connectivity index (χ2v) is 8.35. The number of H-pyrrole nitrogens is 1. The van der Waals surface area contributed by atoms with Gasteiger partial charge in [0.15, 0.2) is 0 Å². The number of benzene rings is 3. The van der Waals surface area contributed by atoms with E-state index < -0.39 is 17.7 Å². The molecule has 0 radical (unpaired) electrons. The minimum atomic E-state index is -0.841. The normalized spacial score (nSPS) is 17.1. The molecular weight excluding hydrogens is 456 g/mol. The predicted molar refractivity (Wildman–Crippen MR) is 138 cm³/mol. The fourth-order valence-electron chi connectivity index (χ4n) is 4.63. The van der Waals surface area contributed by atoms with Crippen LogP contribution in [-0.2, 0) is 9.59 Å². The van der Waals surface area contributed by atoms with E-state index in [-0.39, 0.29) is 11.3 Å². The minimum Gasteiger partial charge on any atom is -0.507 e. The quantitative estimate of drug-likeness (QED) is 0.203. The van der Waals surface area contributed by atoms with Crippen molar-refractivity contribution >= 4 is 34.0 Å². The monoisotopic (exact) mass is 482 g/mol. The summed E-state index contributed by atoms with van der Waals surface area (Å²) in [6.07, 6.45) is 1.65. The number of amides is 1. The molecule has 1 atom stereocenters. The highest BCUT2D eigenvalue weighted by Gasteiger charge is 2.47. The lowest BCUT2D eigenvalue weighted by Gasteiger charge is -2.26. The first kappa shape index (κ1) is 23.2. The largest absolute Gasteiger partial charge is 0.507 e. The second-order valence-electron chi connectivity index (χ2n) is 8.35. The van der Waals surface area contributed by atoms with Gasteiger partial charge in [0.1, 0.15) is 17.3 Å². The number of hydrogen-bond acceptors (Lipinski definition) is 5. The molecule has 1 aliphatic rings. The van der Waals surface area contributed by atoms with Crippen LogP contribution < -0.4 is 14.4 Å². The Kier molecular flexibility index (Phi) is 6.21. The molecule has 0 aliphatic carbocycles. The number of nitrogens with zero attached hydrogens (tertiary/aromatic N) is 1. The summed E-state index contributed by atoms with van der Waals surface area (Å²) in [7, 11) is 0. The fourth-order valence-corrected chi connectivity index (χ4v) is 4.63. The molecule has 3 aromatic carbocycles. The summed E-state index contributed by atoms with van der Waals surface area (Å²) in [5.41, 5.74) is 2.47. The van der Waals surface area contributed by atoms with Crippen LogP contribution in [0.3, 0.4) is 0 Å².